The summed E-state index contributed by atoms with van der Waals surface area (Å²) in [6.07, 6.45) is 3.41. The third-order valence-corrected chi connectivity index (χ3v) is 7.42. The first-order valence-electron chi connectivity index (χ1n) is 11.8. The summed E-state index contributed by atoms with van der Waals surface area (Å²) in [5, 5.41) is 0. The Morgan fingerprint density at radius 2 is 1.95 bits per heavy atom. The Bertz CT molecular complexity index is 1590. The van der Waals surface area contributed by atoms with Crippen LogP contribution in [0.4, 0.5) is 0 Å². The van der Waals surface area contributed by atoms with Crippen molar-refractivity contribution in [3.63, 3.8) is 0 Å². The van der Waals surface area contributed by atoms with Gasteiger partial charge in [0, 0.05) is 0 Å². The molecule has 1 aliphatic rings. The second kappa shape index (κ2) is 11.8. The van der Waals surface area contributed by atoms with Crippen molar-refractivity contribution in [2.24, 2.45) is 4.99 Å². The fourth-order valence-electron chi connectivity index (χ4n) is 4.15. The van der Waals surface area contributed by atoms with E-state index in [9.17, 15) is 9.59 Å². The van der Waals surface area contributed by atoms with Crippen molar-refractivity contribution >= 4 is 39.3 Å². The van der Waals surface area contributed by atoms with Gasteiger partial charge in [-0.05, 0) is 71.2 Å². The number of nitrogens with zero attached hydrogens (tertiary/aromatic N) is 2. The fraction of sp³-hybridized carbons (Fsp3) is 0.250. The number of rotatable bonds is 9. The van der Waals surface area contributed by atoms with Crippen LogP contribution in [0, 0.1) is 0 Å². The molecule has 0 radical (unpaired) electrons. The summed E-state index contributed by atoms with van der Waals surface area (Å²) in [6.45, 7) is 7.70. The Morgan fingerprint density at radius 1 is 1.21 bits per heavy atom. The molecule has 0 amide bonds. The molecule has 0 saturated heterocycles. The normalized spacial score (nSPS) is 15.0. The van der Waals surface area contributed by atoms with E-state index in [-0.39, 0.29) is 12.2 Å². The van der Waals surface area contributed by atoms with E-state index in [0.29, 0.717) is 48.9 Å². The minimum Gasteiger partial charge on any atom is -0.497 e. The number of hydrogen-bond acceptors (Lipinski definition) is 8. The molecular weight excluding hydrogens is 572 g/mol. The monoisotopic (exact) mass is 598 g/mol. The molecule has 10 heteroatoms. The average Bonchev–Trinajstić information content (AvgIpc) is 3.21. The maximum absolute atomic E-state index is 13.8. The molecule has 0 aliphatic carbocycles. The maximum atomic E-state index is 13.8. The van der Waals surface area contributed by atoms with Gasteiger partial charge in [0.15, 0.2) is 16.3 Å². The lowest BCUT2D eigenvalue weighted by molar-refractivity contribution is -0.139. The number of benzene rings is 2. The van der Waals surface area contributed by atoms with Crippen molar-refractivity contribution < 1.29 is 23.7 Å². The third kappa shape index (κ3) is 5.32. The van der Waals surface area contributed by atoms with Crippen LogP contribution in [-0.4, -0.2) is 38.0 Å². The van der Waals surface area contributed by atoms with Gasteiger partial charge < -0.3 is 18.9 Å². The first-order valence-corrected chi connectivity index (χ1v) is 13.4. The van der Waals surface area contributed by atoms with Gasteiger partial charge in [0.05, 0.1) is 47.1 Å². The predicted octanol–water partition coefficient (Wildman–Crippen LogP) is 4.14. The van der Waals surface area contributed by atoms with Crippen molar-refractivity contribution in [3.8, 4) is 17.2 Å². The molecule has 8 nitrogen and oxygen atoms in total. The highest BCUT2D eigenvalue weighted by Gasteiger charge is 2.33. The molecule has 2 heterocycles. The number of thiazole rings is 1. The highest BCUT2D eigenvalue weighted by Crippen LogP contribution is 2.37. The van der Waals surface area contributed by atoms with Crippen molar-refractivity contribution in [3.05, 3.63) is 95.6 Å². The zero-order valence-corrected chi connectivity index (χ0v) is 23.9. The van der Waals surface area contributed by atoms with Gasteiger partial charge in [-0.1, -0.05) is 36.1 Å². The van der Waals surface area contributed by atoms with Crippen molar-refractivity contribution in [1.29, 1.82) is 0 Å². The SMILES string of the molecule is C=CCOc1c(Br)cc(/C=c2\sc3n(c2=O)[C@H](c2ccc(OC)cc2)C(C(=O)OCC)=C(C)N=3)cc1OC. The number of aromatic nitrogens is 1. The summed E-state index contributed by atoms with van der Waals surface area (Å²) < 4.78 is 24.5. The zero-order valence-electron chi connectivity index (χ0n) is 21.4. The van der Waals surface area contributed by atoms with Gasteiger partial charge in [0.2, 0.25) is 0 Å². The molecule has 198 valence electrons. The van der Waals surface area contributed by atoms with E-state index in [1.165, 1.54) is 11.3 Å². The molecule has 3 aromatic rings. The summed E-state index contributed by atoms with van der Waals surface area (Å²) >= 11 is 4.78. The molecule has 2 aromatic carbocycles. The molecule has 0 N–H and O–H groups in total. The van der Waals surface area contributed by atoms with Crippen LogP contribution in [0.25, 0.3) is 6.08 Å². The Hall–Kier alpha value is -3.63. The van der Waals surface area contributed by atoms with Crippen LogP contribution >= 0.6 is 27.3 Å². The van der Waals surface area contributed by atoms with Gasteiger partial charge in [0.1, 0.15) is 12.4 Å². The lowest BCUT2D eigenvalue weighted by atomic mass is 9.96. The van der Waals surface area contributed by atoms with Crippen LogP contribution < -0.4 is 29.1 Å². The third-order valence-electron chi connectivity index (χ3n) is 5.84. The fourth-order valence-corrected chi connectivity index (χ4v) is 5.77. The van der Waals surface area contributed by atoms with E-state index in [2.05, 4.69) is 27.5 Å². The summed E-state index contributed by atoms with van der Waals surface area (Å²) in [5.41, 5.74) is 2.02. The van der Waals surface area contributed by atoms with Gasteiger partial charge in [0.25, 0.3) is 5.56 Å². The second-order valence-corrected chi connectivity index (χ2v) is 10.1. The summed E-state index contributed by atoms with van der Waals surface area (Å²) in [7, 11) is 3.13. The summed E-state index contributed by atoms with van der Waals surface area (Å²) in [6, 6.07) is 10.2. The molecule has 0 spiro atoms. The largest absolute Gasteiger partial charge is 0.497 e. The Kier molecular flexibility index (Phi) is 8.53. The van der Waals surface area contributed by atoms with Crippen LogP contribution in [0.2, 0.25) is 0 Å². The lowest BCUT2D eigenvalue weighted by Crippen LogP contribution is -2.39. The van der Waals surface area contributed by atoms with Crippen molar-refractivity contribution in [2.75, 3.05) is 27.4 Å². The van der Waals surface area contributed by atoms with Gasteiger partial charge in [-0.3, -0.25) is 9.36 Å². The minimum atomic E-state index is -0.700. The standard InChI is InChI=1S/C28H27BrN2O6S/c1-6-12-37-25-20(29)13-17(14-21(25)35-5)15-22-26(32)31-24(18-8-10-19(34-4)11-9-18)23(27(33)36-7-2)16(3)30-28(31)38-22/h6,8-11,13-15,24H,1,7,12H2,2-5H3/b22-15-/t24-/m1/s1. The average molecular weight is 600 g/mol. The summed E-state index contributed by atoms with van der Waals surface area (Å²) in [4.78, 5) is 31.9. The van der Waals surface area contributed by atoms with Crippen molar-refractivity contribution in [1.82, 2.24) is 4.57 Å². The number of methoxy groups -OCH3 is 2. The first kappa shape index (κ1) is 27.4. The van der Waals surface area contributed by atoms with Crippen LogP contribution in [0.5, 0.6) is 17.2 Å². The van der Waals surface area contributed by atoms with Crippen LogP contribution in [0.15, 0.2) is 74.6 Å². The number of hydrogen-bond donors (Lipinski definition) is 0. The highest BCUT2D eigenvalue weighted by molar-refractivity contribution is 9.10. The van der Waals surface area contributed by atoms with Crippen LogP contribution in [0.3, 0.4) is 0 Å². The summed E-state index contributed by atoms with van der Waals surface area (Å²) in [5.74, 6) is 1.21. The molecule has 0 unspecified atom stereocenters. The van der Waals surface area contributed by atoms with E-state index >= 15 is 0 Å². The molecule has 38 heavy (non-hydrogen) atoms. The predicted molar refractivity (Wildman–Crippen MR) is 150 cm³/mol. The number of fused-ring (bicyclic) bond motifs is 1. The number of carbonyl (C=O) groups excluding carboxylic acids is 1. The topological polar surface area (TPSA) is 88.4 Å². The first-order chi connectivity index (χ1) is 18.3. The van der Waals surface area contributed by atoms with Gasteiger partial charge in [-0.25, -0.2) is 9.79 Å². The quantitative estimate of drug-likeness (QED) is 0.272. The lowest BCUT2D eigenvalue weighted by Gasteiger charge is -2.24. The van der Waals surface area contributed by atoms with E-state index in [1.807, 2.05) is 18.2 Å². The van der Waals surface area contributed by atoms with Gasteiger partial charge >= 0.3 is 5.97 Å². The minimum absolute atomic E-state index is 0.207. The molecule has 0 saturated carbocycles. The van der Waals surface area contributed by atoms with Gasteiger partial charge in [-0.2, -0.15) is 0 Å². The molecule has 0 bridgehead atoms. The van der Waals surface area contributed by atoms with Crippen molar-refractivity contribution in [2.45, 2.75) is 19.9 Å². The molecule has 1 aromatic heterocycles. The van der Waals surface area contributed by atoms with Gasteiger partial charge in [-0.15, -0.1) is 0 Å². The molecule has 0 fully saturated rings. The Balaban J connectivity index is 1.89. The molecular formula is C28H27BrN2O6S. The number of ether oxygens (including phenoxy) is 4. The van der Waals surface area contributed by atoms with E-state index in [1.54, 1.807) is 63.0 Å². The Labute approximate surface area is 232 Å². The molecule has 1 atom stereocenters. The maximum Gasteiger partial charge on any atom is 0.338 e. The van der Waals surface area contributed by atoms with Crippen LogP contribution in [0.1, 0.15) is 31.0 Å². The zero-order chi connectivity index (χ0) is 27.4. The Morgan fingerprint density at radius 3 is 2.58 bits per heavy atom. The van der Waals surface area contributed by atoms with Crippen LogP contribution in [-0.2, 0) is 9.53 Å². The number of esters is 1. The van der Waals surface area contributed by atoms with E-state index in [4.69, 9.17) is 18.9 Å². The smallest absolute Gasteiger partial charge is 0.338 e. The molecule has 1 aliphatic heterocycles. The molecule has 4 rings (SSSR count). The number of allylic oxidation sites excluding steroid dienone is 1. The number of halogens is 1. The highest BCUT2D eigenvalue weighted by atomic mass is 79.9. The second-order valence-electron chi connectivity index (χ2n) is 8.21. The van der Waals surface area contributed by atoms with E-state index in [0.717, 1.165) is 11.1 Å². The number of carbonyl (C=O) groups is 1. The van der Waals surface area contributed by atoms with E-state index < -0.39 is 12.0 Å².